The van der Waals surface area contributed by atoms with Crippen LogP contribution in [0.3, 0.4) is 0 Å². The maximum Gasteiger partial charge on any atom is 0.0444 e. The Balaban J connectivity index is 2.02. The van der Waals surface area contributed by atoms with Crippen LogP contribution in [-0.4, -0.2) is 26.7 Å². The average molecular weight is 259 g/mol. The lowest BCUT2D eigenvalue weighted by Crippen LogP contribution is -2.28. The summed E-state index contributed by atoms with van der Waals surface area (Å²) in [7, 11) is 2.15. The first kappa shape index (κ1) is 14.1. The van der Waals surface area contributed by atoms with Crippen molar-refractivity contribution in [2.45, 2.75) is 25.8 Å². The monoisotopic (exact) mass is 259 g/mol. The van der Waals surface area contributed by atoms with Crippen LogP contribution in [0.4, 0.5) is 5.69 Å². The number of anilines is 1. The minimum absolute atomic E-state index is 0.265. The van der Waals surface area contributed by atoms with Crippen LogP contribution in [-0.2, 0) is 6.42 Å². The minimum Gasteiger partial charge on any atom is -0.374 e. The van der Waals surface area contributed by atoms with Crippen LogP contribution < -0.4 is 16.0 Å². The Morgan fingerprint density at radius 2 is 2.32 bits per heavy atom. The Kier molecular flexibility index (Phi) is 5.00. The molecule has 0 aromatic heterocycles. The molecule has 1 aromatic carbocycles. The fourth-order valence-corrected chi connectivity index (χ4v) is 2.65. The fraction of sp³-hybridized carbons (Fsp3) is 0.500. The molecule has 3 heteroatoms. The summed E-state index contributed by atoms with van der Waals surface area (Å²) in [6, 6.07) is 7.02. The number of nitrogens with one attached hydrogen (secondary N) is 1. The molecule has 3 N–H and O–H groups in total. The van der Waals surface area contributed by atoms with Gasteiger partial charge < -0.3 is 16.0 Å². The molecule has 0 bridgehead atoms. The van der Waals surface area contributed by atoms with Crippen molar-refractivity contribution in [3.8, 4) is 0 Å². The van der Waals surface area contributed by atoms with Crippen molar-refractivity contribution < 1.29 is 0 Å². The van der Waals surface area contributed by atoms with Gasteiger partial charge >= 0.3 is 0 Å². The highest BCUT2D eigenvalue weighted by Gasteiger charge is 2.17. The van der Waals surface area contributed by atoms with Crippen LogP contribution in [0.15, 0.2) is 30.4 Å². The van der Waals surface area contributed by atoms with Crippen LogP contribution in [0.25, 0.3) is 0 Å². The van der Waals surface area contributed by atoms with Crippen molar-refractivity contribution in [1.29, 1.82) is 0 Å². The van der Waals surface area contributed by atoms with Gasteiger partial charge in [-0.3, -0.25) is 0 Å². The van der Waals surface area contributed by atoms with Crippen LogP contribution in [0, 0.1) is 0 Å². The van der Waals surface area contributed by atoms with Crippen LogP contribution in [0.2, 0.25) is 0 Å². The third kappa shape index (κ3) is 3.37. The van der Waals surface area contributed by atoms with Crippen LogP contribution in [0.1, 0.15) is 30.5 Å². The van der Waals surface area contributed by atoms with Gasteiger partial charge in [0.2, 0.25) is 0 Å². The summed E-state index contributed by atoms with van der Waals surface area (Å²) in [4.78, 5) is 2.32. The summed E-state index contributed by atoms with van der Waals surface area (Å²) in [6.45, 7) is 4.80. The van der Waals surface area contributed by atoms with Gasteiger partial charge in [0.05, 0.1) is 0 Å². The number of allylic oxidation sites excluding steroid dienone is 1. The van der Waals surface area contributed by atoms with Gasteiger partial charge in [-0.05, 0) is 43.5 Å². The molecular formula is C16H25N3. The van der Waals surface area contributed by atoms with Crippen molar-refractivity contribution in [1.82, 2.24) is 5.32 Å². The molecule has 0 spiro atoms. The van der Waals surface area contributed by atoms with E-state index in [9.17, 15) is 0 Å². The zero-order chi connectivity index (χ0) is 13.7. The SMILES string of the molecule is C/C=C/CCNC(CN)c1ccc2c(c1)CCN2C. The van der Waals surface area contributed by atoms with Gasteiger partial charge in [-0.25, -0.2) is 0 Å². The standard InChI is InChI=1S/C16H25N3/c1-3-4-5-9-18-15(12-17)13-6-7-16-14(11-13)8-10-19(16)2/h3-4,6-7,11,15,18H,5,8-10,12,17H2,1-2H3/b4-3+. The zero-order valence-corrected chi connectivity index (χ0v) is 12.0. The summed E-state index contributed by atoms with van der Waals surface area (Å²) in [5, 5.41) is 3.53. The predicted molar refractivity (Wildman–Crippen MR) is 82.6 cm³/mol. The smallest absolute Gasteiger partial charge is 0.0444 e. The number of likely N-dealkylation sites (N-methyl/N-ethyl adjacent to an activating group) is 1. The van der Waals surface area contributed by atoms with E-state index in [1.54, 1.807) is 0 Å². The first-order valence-corrected chi connectivity index (χ1v) is 7.14. The molecule has 0 radical (unpaired) electrons. The first-order chi connectivity index (χ1) is 9.26. The Morgan fingerprint density at radius 3 is 3.05 bits per heavy atom. The molecule has 1 aliphatic heterocycles. The Bertz CT molecular complexity index is 440. The molecule has 1 atom stereocenters. The lowest BCUT2D eigenvalue weighted by molar-refractivity contribution is 0.548. The van der Waals surface area contributed by atoms with E-state index in [0.29, 0.717) is 6.54 Å². The normalized spacial score (nSPS) is 16.1. The largest absolute Gasteiger partial charge is 0.374 e. The average Bonchev–Trinajstić information content (AvgIpc) is 2.80. The van der Waals surface area contributed by atoms with E-state index >= 15 is 0 Å². The van der Waals surface area contributed by atoms with Crippen molar-refractivity contribution in [3.63, 3.8) is 0 Å². The van der Waals surface area contributed by atoms with Gasteiger partial charge in [0.1, 0.15) is 0 Å². The summed E-state index contributed by atoms with van der Waals surface area (Å²) in [6.07, 6.45) is 6.47. The van der Waals surface area contributed by atoms with Gasteiger partial charge in [0.25, 0.3) is 0 Å². The highest BCUT2D eigenvalue weighted by atomic mass is 15.1. The number of nitrogens with two attached hydrogens (primary N) is 1. The molecule has 2 rings (SSSR count). The van der Waals surface area contributed by atoms with Gasteiger partial charge in [0, 0.05) is 31.9 Å². The second kappa shape index (κ2) is 6.73. The van der Waals surface area contributed by atoms with Gasteiger partial charge in [0.15, 0.2) is 0 Å². The molecule has 1 heterocycles. The topological polar surface area (TPSA) is 41.3 Å². The predicted octanol–water partition coefficient (Wildman–Crippen LogP) is 2.23. The van der Waals surface area contributed by atoms with E-state index in [4.69, 9.17) is 5.73 Å². The number of hydrogen-bond donors (Lipinski definition) is 2. The van der Waals surface area contributed by atoms with E-state index < -0.39 is 0 Å². The molecule has 104 valence electrons. The molecule has 1 unspecified atom stereocenters. The molecule has 0 amide bonds. The fourth-order valence-electron chi connectivity index (χ4n) is 2.65. The van der Waals surface area contributed by atoms with Crippen LogP contribution >= 0.6 is 0 Å². The van der Waals surface area contributed by atoms with E-state index in [1.807, 2.05) is 0 Å². The quantitative estimate of drug-likeness (QED) is 0.608. The van der Waals surface area contributed by atoms with Crippen molar-refractivity contribution in [3.05, 3.63) is 41.5 Å². The third-order valence-electron chi connectivity index (χ3n) is 3.81. The maximum absolute atomic E-state index is 5.90. The van der Waals surface area contributed by atoms with Gasteiger partial charge in [-0.15, -0.1) is 0 Å². The molecule has 1 aliphatic rings. The Labute approximate surface area is 116 Å². The molecule has 0 fully saturated rings. The first-order valence-electron chi connectivity index (χ1n) is 7.14. The Hall–Kier alpha value is -1.32. The number of hydrogen-bond acceptors (Lipinski definition) is 3. The van der Waals surface area contributed by atoms with E-state index in [-0.39, 0.29) is 6.04 Å². The molecule has 1 aromatic rings. The van der Waals surface area contributed by atoms with Crippen molar-refractivity contribution in [2.75, 3.05) is 31.6 Å². The van der Waals surface area contributed by atoms with Gasteiger partial charge in [-0.1, -0.05) is 24.3 Å². The van der Waals surface area contributed by atoms with E-state index in [1.165, 1.54) is 16.8 Å². The number of rotatable bonds is 6. The highest BCUT2D eigenvalue weighted by molar-refractivity contribution is 5.58. The van der Waals surface area contributed by atoms with Gasteiger partial charge in [-0.2, -0.15) is 0 Å². The summed E-state index contributed by atoms with van der Waals surface area (Å²) < 4.78 is 0. The molecule has 0 aliphatic carbocycles. The molecule has 0 saturated heterocycles. The Morgan fingerprint density at radius 1 is 1.47 bits per heavy atom. The van der Waals surface area contributed by atoms with E-state index in [0.717, 1.165) is 25.9 Å². The maximum atomic E-state index is 5.90. The molecular weight excluding hydrogens is 234 g/mol. The van der Waals surface area contributed by atoms with Crippen LogP contribution in [0.5, 0.6) is 0 Å². The molecule has 0 saturated carbocycles. The third-order valence-corrected chi connectivity index (χ3v) is 3.81. The summed E-state index contributed by atoms with van der Waals surface area (Å²) in [5.74, 6) is 0. The summed E-state index contributed by atoms with van der Waals surface area (Å²) in [5.41, 5.74) is 10.0. The lowest BCUT2D eigenvalue weighted by atomic mass is 10.0. The number of nitrogens with zero attached hydrogens (tertiary/aromatic N) is 1. The molecule has 3 nitrogen and oxygen atoms in total. The highest BCUT2D eigenvalue weighted by Crippen LogP contribution is 2.29. The number of fused-ring (bicyclic) bond motifs is 1. The van der Waals surface area contributed by atoms with E-state index in [2.05, 4.69) is 54.5 Å². The minimum atomic E-state index is 0.265. The van der Waals surface area contributed by atoms with Crippen molar-refractivity contribution >= 4 is 5.69 Å². The second-order valence-electron chi connectivity index (χ2n) is 5.16. The lowest BCUT2D eigenvalue weighted by Gasteiger charge is -2.19. The number of benzene rings is 1. The zero-order valence-electron chi connectivity index (χ0n) is 12.0. The second-order valence-corrected chi connectivity index (χ2v) is 5.16. The summed E-state index contributed by atoms with van der Waals surface area (Å²) >= 11 is 0. The van der Waals surface area contributed by atoms with Crippen molar-refractivity contribution in [2.24, 2.45) is 5.73 Å². The molecule has 19 heavy (non-hydrogen) atoms.